The first-order valence-electron chi connectivity index (χ1n) is 6.40. The predicted molar refractivity (Wildman–Crippen MR) is 63.5 cm³/mol. The van der Waals surface area contributed by atoms with Gasteiger partial charge >= 0.3 is 11.9 Å². The molecule has 1 aliphatic rings. The van der Waals surface area contributed by atoms with Crippen LogP contribution in [0.4, 0.5) is 0 Å². The standard InChI is InChI=1S/C13H22O4/c1-9(2)7-8-17-13(16)11-5-3-10(4-6-11)12(14)15/h9-11H,3-8H2,1-2H3,(H,14,15). The first-order chi connectivity index (χ1) is 8.00. The lowest BCUT2D eigenvalue weighted by molar-refractivity contribution is -0.153. The molecule has 0 unspecified atom stereocenters. The Morgan fingerprint density at radius 1 is 1.18 bits per heavy atom. The van der Waals surface area contributed by atoms with Crippen LogP contribution >= 0.6 is 0 Å². The molecule has 0 atom stereocenters. The van der Waals surface area contributed by atoms with Crippen LogP contribution in [0.15, 0.2) is 0 Å². The van der Waals surface area contributed by atoms with Gasteiger partial charge in [-0.3, -0.25) is 9.59 Å². The van der Waals surface area contributed by atoms with Gasteiger partial charge in [0.2, 0.25) is 0 Å². The van der Waals surface area contributed by atoms with Gasteiger partial charge in [-0.1, -0.05) is 13.8 Å². The summed E-state index contributed by atoms with van der Waals surface area (Å²) in [5, 5.41) is 8.85. The Kier molecular flexibility index (Phi) is 5.45. The molecule has 0 aliphatic heterocycles. The topological polar surface area (TPSA) is 63.6 Å². The third-order valence-corrected chi connectivity index (χ3v) is 3.35. The van der Waals surface area contributed by atoms with Crippen molar-refractivity contribution < 1.29 is 19.4 Å². The van der Waals surface area contributed by atoms with E-state index in [4.69, 9.17) is 9.84 Å². The third-order valence-electron chi connectivity index (χ3n) is 3.35. The number of carboxylic acids is 1. The van der Waals surface area contributed by atoms with Crippen LogP contribution in [0.1, 0.15) is 46.0 Å². The quantitative estimate of drug-likeness (QED) is 0.752. The summed E-state index contributed by atoms with van der Waals surface area (Å²) in [5.74, 6) is -0.705. The largest absolute Gasteiger partial charge is 0.481 e. The van der Waals surface area contributed by atoms with E-state index in [-0.39, 0.29) is 17.8 Å². The van der Waals surface area contributed by atoms with Crippen molar-refractivity contribution in [1.82, 2.24) is 0 Å². The van der Waals surface area contributed by atoms with Crippen LogP contribution in [0.2, 0.25) is 0 Å². The lowest BCUT2D eigenvalue weighted by atomic mass is 9.82. The monoisotopic (exact) mass is 242 g/mol. The van der Waals surface area contributed by atoms with E-state index in [9.17, 15) is 9.59 Å². The number of carbonyl (C=O) groups excluding carboxylic acids is 1. The lowest BCUT2D eigenvalue weighted by Gasteiger charge is -2.24. The first-order valence-corrected chi connectivity index (χ1v) is 6.40. The van der Waals surface area contributed by atoms with Crippen LogP contribution in [0.25, 0.3) is 0 Å². The zero-order valence-corrected chi connectivity index (χ0v) is 10.6. The van der Waals surface area contributed by atoms with E-state index < -0.39 is 5.97 Å². The fraction of sp³-hybridized carbons (Fsp3) is 0.846. The summed E-state index contributed by atoms with van der Waals surface area (Å²) in [7, 11) is 0. The van der Waals surface area contributed by atoms with Gasteiger partial charge in [0.25, 0.3) is 0 Å². The molecule has 0 heterocycles. The van der Waals surface area contributed by atoms with E-state index in [2.05, 4.69) is 13.8 Å². The number of rotatable bonds is 5. The maximum atomic E-state index is 11.7. The van der Waals surface area contributed by atoms with E-state index in [1.54, 1.807) is 0 Å². The molecule has 0 spiro atoms. The molecule has 0 radical (unpaired) electrons. The van der Waals surface area contributed by atoms with Crippen molar-refractivity contribution in [1.29, 1.82) is 0 Å². The number of hydrogen-bond donors (Lipinski definition) is 1. The van der Waals surface area contributed by atoms with Crippen molar-refractivity contribution in [3.8, 4) is 0 Å². The Bertz CT molecular complexity index is 265. The van der Waals surface area contributed by atoms with Crippen molar-refractivity contribution >= 4 is 11.9 Å². The summed E-state index contributed by atoms with van der Waals surface area (Å²) in [6.07, 6.45) is 3.38. The van der Waals surface area contributed by atoms with Crippen molar-refractivity contribution in [3.05, 3.63) is 0 Å². The highest BCUT2D eigenvalue weighted by Crippen LogP contribution is 2.29. The number of carbonyl (C=O) groups is 2. The Hall–Kier alpha value is -1.06. The van der Waals surface area contributed by atoms with E-state index in [1.807, 2.05) is 0 Å². The molecule has 1 N–H and O–H groups in total. The highest BCUT2D eigenvalue weighted by molar-refractivity contribution is 5.74. The molecule has 0 aromatic heterocycles. The number of esters is 1. The molecule has 17 heavy (non-hydrogen) atoms. The highest BCUT2D eigenvalue weighted by Gasteiger charge is 2.30. The number of hydrogen-bond acceptors (Lipinski definition) is 3. The third kappa shape index (κ3) is 4.75. The van der Waals surface area contributed by atoms with Crippen LogP contribution in [0.5, 0.6) is 0 Å². The van der Waals surface area contributed by atoms with Crippen LogP contribution in [-0.4, -0.2) is 23.7 Å². The Labute approximate surface area is 102 Å². The molecule has 0 amide bonds. The van der Waals surface area contributed by atoms with Gasteiger partial charge in [-0.05, 0) is 38.0 Å². The molecule has 0 saturated heterocycles. The first kappa shape index (κ1) is 14.0. The zero-order valence-electron chi connectivity index (χ0n) is 10.6. The minimum absolute atomic E-state index is 0.0854. The summed E-state index contributed by atoms with van der Waals surface area (Å²) < 4.78 is 5.20. The molecule has 4 heteroatoms. The number of carboxylic acid groups (broad SMARTS) is 1. The van der Waals surface area contributed by atoms with Crippen LogP contribution in [-0.2, 0) is 14.3 Å². The normalized spacial score (nSPS) is 24.6. The Morgan fingerprint density at radius 2 is 1.71 bits per heavy atom. The molecule has 0 aromatic carbocycles. The van der Waals surface area contributed by atoms with Crippen LogP contribution < -0.4 is 0 Å². The highest BCUT2D eigenvalue weighted by atomic mass is 16.5. The zero-order chi connectivity index (χ0) is 12.8. The summed E-state index contributed by atoms with van der Waals surface area (Å²) in [6.45, 7) is 4.66. The summed E-state index contributed by atoms with van der Waals surface area (Å²) in [6, 6.07) is 0. The van der Waals surface area contributed by atoms with Gasteiger partial charge in [0.1, 0.15) is 0 Å². The Balaban J connectivity index is 2.24. The average molecular weight is 242 g/mol. The van der Waals surface area contributed by atoms with Gasteiger partial charge in [0.15, 0.2) is 0 Å². The summed E-state index contributed by atoms with van der Waals surface area (Å²) in [4.78, 5) is 22.4. The molecule has 4 nitrogen and oxygen atoms in total. The van der Waals surface area contributed by atoms with E-state index in [0.29, 0.717) is 38.2 Å². The minimum Gasteiger partial charge on any atom is -0.481 e. The lowest BCUT2D eigenvalue weighted by Crippen LogP contribution is -2.27. The summed E-state index contributed by atoms with van der Waals surface area (Å²) in [5.41, 5.74) is 0. The van der Waals surface area contributed by atoms with Crippen LogP contribution in [0.3, 0.4) is 0 Å². The van der Waals surface area contributed by atoms with Crippen molar-refractivity contribution in [3.63, 3.8) is 0 Å². The molecule has 0 bridgehead atoms. The SMILES string of the molecule is CC(C)CCOC(=O)C1CCC(C(=O)O)CC1. The van der Waals surface area contributed by atoms with Gasteiger partial charge in [-0.15, -0.1) is 0 Å². The van der Waals surface area contributed by atoms with Crippen molar-refractivity contribution in [2.45, 2.75) is 46.0 Å². The fourth-order valence-corrected chi connectivity index (χ4v) is 2.09. The maximum absolute atomic E-state index is 11.7. The van der Waals surface area contributed by atoms with E-state index in [1.165, 1.54) is 0 Å². The van der Waals surface area contributed by atoms with Gasteiger partial charge < -0.3 is 9.84 Å². The number of aliphatic carboxylic acids is 1. The second kappa shape index (κ2) is 6.62. The van der Waals surface area contributed by atoms with Gasteiger partial charge in [0.05, 0.1) is 18.4 Å². The molecular formula is C13H22O4. The molecule has 1 aliphatic carbocycles. The van der Waals surface area contributed by atoms with Crippen molar-refractivity contribution in [2.24, 2.45) is 17.8 Å². The van der Waals surface area contributed by atoms with Gasteiger partial charge in [-0.2, -0.15) is 0 Å². The molecule has 0 aromatic rings. The molecule has 1 rings (SSSR count). The minimum atomic E-state index is -0.739. The predicted octanol–water partition coefficient (Wildman–Crippen LogP) is 2.47. The van der Waals surface area contributed by atoms with E-state index >= 15 is 0 Å². The molecule has 1 fully saturated rings. The molecule has 1 saturated carbocycles. The second-order valence-corrected chi connectivity index (χ2v) is 5.24. The maximum Gasteiger partial charge on any atom is 0.308 e. The van der Waals surface area contributed by atoms with Crippen molar-refractivity contribution in [2.75, 3.05) is 6.61 Å². The average Bonchev–Trinajstić information content (AvgIpc) is 2.28. The fourth-order valence-electron chi connectivity index (χ4n) is 2.09. The molecule has 98 valence electrons. The van der Waals surface area contributed by atoms with E-state index in [0.717, 1.165) is 6.42 Å². The smallest absolute Gasteiger partial charge is 0.308 e. The van der Waals surface area contributed by atoms with Gasteiger partial charge in [0, 0.05) is 0 Å². The molecular weight excluding hydrogens is 220 g/mol. The van der Waals surface area contributed by atoms with Crippen LogP contribution in [0, 0.1) is 17.8 Å². The van der Waals surface area contributed by atoms with Gasteiger partial charge in [-0.25, -0.2) is 0 Å². The second-order valence-electron chi connectivity index (χ2n) is 5.24. The Morgan fingerprint density at radius 3 is 2.18 bits per heavy atom. The number of ether oxygens (including phenoxy) is 1. The summed E-state index contributed by atoms with van der Waals surface area (Å²) >= 11 is 0.